The molecule has 0 aliphatic carbocycles. The predicted molar refractivity (Wildman–Crippen MR) is 95.5 cm³/mol. The summed E-state index contributed by atoms with van der Waals surface area (Å²) in [6.45, 7) is 1.57. The molecule has 28 heavy (non-hydrogen) atoms. The van der Waals surface area contributed by atoms with Crippen molar-refractivity contribution in [3.05, 3.63) is 58.1 Å². The molecule has 150 valence electrons. The lowest BCUT2D eigenvalue weighted by Crippen LogP contribution is -2.22. The molecule has 0 saturated heterocycles. The van der Waals surface area contributed by atoms with Crippen molar-refractivity contribution in [3.63, 3.8) is 0 Å². The number of benzene rings is 1. The van der Waals surface area contributed by atoms with Crippen molar-refractivity contribution >= 4 is 32.1 Å². The number of ether oxygens (including phenoxy) is 2. The summed E-state index contributed by atoms with van der Waals surface area (Å²) in [6, 6.07) is 2.72. The molecule has 3 rings (SSSR count). The Hall–Kier alpha value is -2.17. The Morgan fingerprint density at radius 2 is 1.93 bits per heavy atom. The Morgan fingerprint density at radius 3 is 2.61 bits per heavy atom. The number of hydrogen-bond acceptors (Lipinski definition) is 6. The van der Waals surface area contributed by atoms with Gasteiger partial charge in [-0.15, -0.1) is 0 Å². The highest BCUT2D eigenvalue weighted by Crippen LogP contribution is 2.44. The molecule has 1 aliphatic heterocycles. The highest BCUT2D eigenvalue weighted by Gasteiger charge is 2.41. The van der Waals surface area contributed by atoms with E-state index in [4.69, 9.17) is 21.1 Å². The van der Waals surface area contributed by atoms with Crippen LogP contribution in [0.5, 0.6) is 0 Å². The van der Waals surface area contributed by atoms with Crippen molar-refractivity contribution in [2.45, 2.75) is 18.9 Å². The molecule has 0 radical (unpaired) electrons. The molecule has 2 aromatic rings. The molecular formula is C17H14ClF3N2O4S. The van der Waals surface area contributed by atoms with E-state index in [1.165, 1.54) is 12.4 Å². The van der Waals surface area contributed by atoms with E-state index in [1.54, 1.807) is 6.92 Å². The van der Waals surface area contributed by atoms with Gasteiger partial charge < -0.3 is 9.47 Å². The Balaban J connectivity index is 2.35. The van der Waals surface area contributed by atoms with Gasteiger partial charge in [-0.25, -0.2) is 13.4 Å². The van der Waals surface area contributed by atoms with Gasteiger partial charge in [0.15, 0.2) is 22.4 Å². The van der Waals surface area contributed by atoms with Crippen LogP contribution in [0.3, 0.4) is 0 Å². The van der Waals surface area contributed by atoms with Gasteiger partial charge in [-0.05, 0) is 25.1 Å². The van der Waals surface area contributed by atoms with Gasteiger partial charge >= 0.3 is 6.18 Å². The molecule has 0 fully saturated rings. The summed E-state index contributed by atoms with van der Waals surface area (Å²) in [6.07, 6.45) is -2.22. The zero-order valence-electron chi connectivity index (χ0n) is 14.5. The number of sulfone groups is 1. The number of fused-ring (bicyclic) bond motifs is 1. The van der Waals surface area contributed by atoms with Crippen LogP contribution in [-0.4, -0.2) is 31.8 Å². The number of alkyl halides is 3. The quantitative estimate of drug-likeness (QED) is 0.524. The van der Waals surface area contributed by atoms with Gasteiger partial charge in [-0.1, -0.05) is 11.6 Å². The first kappa shape index (κ1) is 20.6. The first-order valence-corrected chi connectivity index (χ1v) is 10.0. The number of halogens is 4. The molecular weight excluding hydrogens is 421 g/mol. The summed E-state index contributed by atoms with van der Waals surface area (Å²) in [5, 5.41) is -0.0557. The number of nitrogens with zero attached hydrogens (tertiary/aromatic N) is 2. The first-order chi connectivity index (χ1) is 13.1. The largest absolute Gasteiger partial charge is 0.464 e. The molecule has 0 N–H and O–H groups in total. The normalized spacial score (nSPS) is 16.0. The highest BCUT2D eigenvalue weighted by atomic mass is 35.5. The van der Waals surface area contributed by atoms with Gasteiger partial charge in [0, 0.05) is 29.6 Å². The van der Waals surface area contributed by atoms with Crippen LogP contribution in [-0.2, 0) is 31.2 Å². The Bertz CT molecular complexity index is 1040. The van der Waals surface area contributed by atoms with Crippen LogP contribution in [0.25, 0.3) is 10.7 Å². The summed E-state index contributed by atoms with van der Waals surface area (Å²) in [7, 11) is -4.24. The monoisotopic (exact) mass is 434 g/mol. The van der Waals surface area contributed by atoms with E-state index >= 15 is 0 Å². The highest BCUT2D eigenvalue weighted by molar-refractivity contribution is 8.00. The van der Waals surface area contributed by atoms with E-state index in [0.717, 1.165) is 18.2 Å². The molecule has 11 heteroatoms. The van der Waals surface area contributed by atoms with E-state index in [9.17, 15) is 21.6 Å². The second-order valence-corrected chi connectivity index (χ2v) is 8.07. The smallest absolute Gasteiger partial charge is 0.417 e. The average molecular weight is 435 g/mol. The maximum absolute atomic E-state index is 13.6. The molecule has 0 unspecified atom stereocenters. The van der Waals surface area contributed by atoms with Crippen LogP contribution in [0.15, 0.2) is 30.6 Å². The van der Waals surface area contributed by atoms with E-state index in [2.05, 4.69) is 9.97 Å². The zero-order chi connectivity index (χ0) is 20.5. The molecule has 6 nitrogen and oxygen atoms in total. The second-order valence-electron chi connectivity index (χ2n) is 5.71. The average Bonchev–Trinajstić information content (AvgIpc) is 2.59. The van der Waals surface area contributed by atoms with Crippen molar-refractivity contribution in [1.82, 2.24) is 9.97 Å². The second kappa shape index (κ2) is 7.69. The van der Waals surface area contributed by atoms with Crippen molar-refractivity contribution in [3.8, 4) is 0 Å². The summed E-state index contributed by atoms with van der Waals surface area (Å²) >= 11 is 5.88. The summed E-state index contributed by atoms with van der Waals surface area (Å²) in [4.78, 5) is 7.38. The minimum Gasteiger partial charge on any atom is -0.464 e. The third-order valence-electron chi connectivity index (χ3n) is 3.86. The fraction of sp³-hybridized carbons (Fsp3) is 0.294. The maximum Gasteiger partial charge on any atom is 0.417 e. The standard InChI is InChI=1S/C17H14ClF3N2O4S/c1-2-26-9-27-15-14-13(22-5-6-23-14)8-28(24,25)16(15)11-7-10(18)3-4-12(11)17(19,20)21/h3-7H,2,8-9H2,1H3. The van der Waals surface area contributed by atoms with Crippen molar-refractivity contribution < 1.29 is 31.1 Å². The molecule has 0 atom stereocenters. The van der Waals surface area contributed by atoms with Crippen LogP contribution in [0, 0.1) is 0 Å². The zero-order valence-corrected chi connectivity index (χ0v) is 16.0. The SMILES string of the molecule is CCOCOC1=C(c2cc(Cl)ccc2C(F)(F)F)S(=O)(=O)Cc2nccnc21. The molecule has 1 aliphatic rings. The maximum atomic E-state index is 13.6. The summed E-state index contributed by atoms with van der Waals surface area (Å²) in [5.74, 6) is -0.966. The summed E-state index contributed by atoms with van der Waals surface area (Å²) < 4.78 is 77.0. The van der Waals surface area contributed by atoms with Gasteiger partial charge in [0.05, 0.1) is 17.0 Å². The fourth-order valence-electron chi connectivity index (χ4n) is 2.72. The number of rotatable bonds is 5. The fourth-order valence-corrected chi connectivity index (χ4v) is 4.55. The van der Waals surface area contributed by atoms with E-state index in [1.807, 2.05) is 0 Å². The van der Waals surface area contributed by atoms with Gasteiger partial charge in [-0.3, -0.25) is 4.98 Å². The Morgan fingerprint density at radius 1 is 1.21 bits per heavy atom. The van der Waals surface area contributed by atoms with Crippen LogP contribution in [0.4, 0.5) is 13.2 Å². The van der Waals surface area contributed by atoms with Crippen LogP contribution in [0.1, 0.15) is 29.4 Å². The van der Waals surface area contributed by atoms with Gasteiger partial charge in [0.25, 0.3) is 0 Å². The first-order valence-electron chi connectivity index (χ1n) is 8.00. The number of hydrogen-bond donors (Lipinski definition) is 0. The molecule has 0 spiro atoms. The minimum absolute atomic E-state index is 0.0418. The van der Waals surface area contributed by atoms with Gasteiger partial charge in [0.1, 0.15) is 10.6 Å². The Kier molecular flexibility index (Phi) is 5.64. The van der Waals surface area contributed by atoms with Gasteiger partial charge in [0.2, 0.25) is 0 Å². The third kappa shape index (κ3) is 3.98. The molecule has 2 heterocycles. The van der Waals surface area contributed by atoms with E-state index in [0.29, 0.717) is 0 Å². The molecule has 0 saturated carbocycles. The lowest BCUT2D eigenvalue weighted by Gasteiger charge is -2.24. The predicted octanol–water partition coefficient (Wildman–Crippen LogP) is 3.91. The number of aromatic nitrogens is 2. The topological polar surface area (TPSA) is 78.4 Å². The molecule has 1 aromatic heterocycles. The van der Waals surface area contributed by atoms with Crippen LogP contribution < -0.4 is 0 Å². The molecule has 1 aromatic carbocycles. The van der Waals surface area contributed by atoms with Crippen molar-refractivity contribution in [2.75, 3.05) is 13.4 Å². The van der Waals surface area contributed by atoms with Crippen LogP contribution >= 0.6 is 11.6 Å². The van der Waals surface area contributed by atoms with E-state index in [-0.39, 0.29) is 35.6 Å². The third-order valence-corrected chi connectivity index (χ3v) is 5.77. The lowest BCUT2D eigenvalue weighted by atomic mass is 10.0. The lowest BCUT2D eigenvalue weighted by molar-refractivity contribution is -0.137. The Labute approximate surface area is 163 Å². The summed E-state index contributed by atoms with van der Waals surface area (Å²) in [5.41, 5.74) is -1.64. The molecule has 0 amide bonds. The minimum atomic E-state index is -4.81. The van der Waals surface area contributed by atoms with Crippen molar-refractivity contribution in [1.29, 1.82) is 0 Å². The van der Waals surface area contributed by atoms with Crippen molar-refractivity contribution in [2.24, 2.45) is 0 Å². The van der Waals surface area contributed by atoms with E-state index < -0.39 is 37.8 Å². The molecule has 0 bridgehead atoms. The van der Waals surface area contributed by atoms with Gasteiger partial charge in [-0.2, -0.15) is 13.2 Å². The van der Waals surface area contributed by atoms with Crippen LogP contribution in [0.2, 0.25) is 5.02 Å².